The summed E-state index contributed by atoms with van der Waals surface area (Å²) in [7, 11) is 0. The molecule has 1 heteroatoms. The summed E-state index contributed by atoms with van der Waals surface area (Å²) < 4.78 is 0. The van der Waals surface area contributed by atoms with Gasteiger partial charge in [-0.3, -0.25) is 0 Å². The predicted octanol–water partition coefficient (Wildman–Crippen LogP) is 7.65. The van der Waals surface area contributed by atoms with Crippen molar-refractivity contribution in [2.45, 2.75) is 136 Å². The van der Waals surface area contributed by atoms with Gasteiger partial charge in [-0.15, -0.1) is 0 Å². The molecule has 0 saturated carbocycles. The van der Waals surface area contributed by atoms with Gasteiger partial charge in [-0.2, -0.15) is 0 Å². The van der Waals surface area contributed by atoms with Gasteiger partial charge in [-0.1, -0.05) is 110 Å². The lowest BCUT2D eigenvalue weighted by atomic mass is 9.85. The van der Waals surface area contributed by atoms with Crippen molar-refractivity contribution in [3.05, 3.63) is 0 Å². The van der Waals surface area contributed by atoms with E-state index in [1.165, 1.54) is 96.3 Å². The van der Waals surface area contributed by atoms with Gasteiger partial charge < -0.3 is 5.11 Å². The predicted molar refractivity (Wildman–Crippen MR) is 105 cm³/mol. The lowest BCUT2D eigenvalue weighted by molar-refractivity contribution is 0.0485. The molecule has 0 heterocycles. The molecule has 1 nitrogen and oxygen atoms in total. The molecule has 1 N–H and O–H groups in total. The number of hydrogen-bond donors (Lipinski definition) is 1. The lowest BCUT2D eigenvalue weighted by Gasteiger charge is -2.25. The van der Waals surface area contributed by atoms with E-state index in [0.717, 1.165) is 12.3 Å². The third-order valence-corrected chi connectivity index (χ3v) is 4.97. The minimum atomic E-state index is -0.491. The number of unbranched alkanes of at least 4 members (excludes halogenated alkanes) is 11. The van der Waals surface area contributed by atoms with Crippen molar-refractivity contribution in [3.8, 4) is 0 Å². The molecule has 0 radical (unpaired) electrons. The highest BCUT2D eigenvalue weighted by Crippen LogP contribution is 2.26. The Labute approximate surface area is 147 Å². The fourth-order valence-electron chi connectivity index (χ4n) is 3.66. The van der Waals surface area contributed by atoms with E-state index in [2.05, 4.69) is 13.8 Å². The Morgan fingerprint density at radius 2 is 0.957 bits per heavy atom. The molecule has 0 aromatic carbocycles. The molecule has 0 aliphatic rings. The molecule has 0 aromatic rings. The van der Waals surface area contributed by atoms with Crippen LogP contribution in [0.25, 0.3) is 0 Å². The number of rotatable bonds is 17. The molecule has 140 valence electrons. The van der Waals surface area contributed by atoms with Gasteiger partial charge in [0.1, 0.15) is 0 Å². The summed E-state index contributed by atoms with van der Waals surface area (Å²) in [6.45, 7) is 8.50. The highest BCUT2D eigenvalue weighted by atomic mass is 16.3. The first kappa shape index (κ1) is 23.0. The number of aliphatic hydroxyl groups is 1. The normalized spacial score (nSPS) is 13.4. The molecule has 1 unspecified atom stereocenters. The molecule has 0 aromatic heterocycles. The fraction of sp³-hybridized carbons (Fsp3) is 1.00. The summed E-state index contributed by atoms with van der Waals surface area (Å²) in [5.41, 5.74) is -0.491. The maximum Gasteiger partial charge on any atom is 0.0594 e. The van der Waals surface area contributed by atoms with Gasteiger partial charge in [0.05, 0.1) is 5.60 Å². The topological polar surface area (TPSA) is 20.2 Å². The average Bonchev–Trinajstić information content (AvgIpc) is 2.47. The third-order valence-electron chi connectivity index (χ3n) is 4.97. The quantitative estimate of drug-likeness (QED) is 0.272. The Kier molecular flexibility index (Phi) is 15.5. The van der Waals surface area contributed by atoms with Crippen LogP contribution < -0.4 is 0 Å². The van der Waals surface area contributed by atoms with E-state index in [9.17, 15) is 5.11 Å². The third kappa shape index (κ3) is 18.1. The van der Waals surface area contributed by atoms with Crippen LogP contribution in [0.2, 0.25) is 0 Å². The Morgan fingerprint density at radius 1 is 0.609 bits per heavy atom. The van der Waals surface area contributed by atoms with Crippen molar-refractivity contribution in [2.24, 2.45) is 5.92 Å². The zero-order valence-electron chi connectivity index (χ0n) is 16.8. The van der Waals surface area contributed by atoms with Crippen LogP contribution in [-0.2, 0) is 0 Å². The smallest absolute Gasteiger partial charge is 0.0594 e. The molecule has 0 spiro atoms. The van der Waals surface area contributed by atoms with Crippen LogP contribution in [0.15, 0.2) is 0 Å². The van der Waals surface area contributed by atoms with Crippen LogP contribution >= 0.6 is 0 Å². The minimum Gasteiger partial charge on any atom is -0.390 e. The minimum absolute atomic E-state index is 0.491. The van der Waals surface area contributed by atoms with Crippen molar-refractivity contribution < 1.29 is 5.11 Å². The SMILES string of the molecule is CCCCCCCCCCCCC(CCCCC)CC(C)(C)O. The maximum absolute atomic E-state index is 10.1. The van der Waals surface area contributed by atoms with Crippen LogP contribution in [0.5, 0.6) is 0 Å². The zero-order valence-corrected chi connectivity index (χ0v) is 16.8. The second-order valence-corrected chi connectivity index (χ2v) is 8.35. The molecule has 0 bridgehead atoms. The Morgan fingerprint density at radius 3 is 1.39 bits per heavy atom. The van der Waals surface area contributed by atoms with E-state index in [1.807, 2.05) is 13.8 Å². The van der Waals surface area contributed by atoms with Gasteiger partial charge in [-0.25, -0.2) is 0 Å². The maximum atomic E-state index is 10.1. The van der Waals surface area contributed by atoms with E-state index in [4.69, 9.17) is 0 Å². The molecule has 0 aliphatic carbocycles. The van der Waals surface area contributed by atoms with Gasteiger partial charge >= 0.3 is 0 Å². The van der Waals surface area contributed by atoms with E-state index in [0.29, 0.717) is 0 Å². The summed E-state index contributed by atoms with van der Waals surface area (Å²) in [4.78, 5) is 0. The van der Waals surface area contributed by atoms with Gasteiger partial charge in [0.2, 0.25) is 0 Å². The van der Waals surface area contributed by atoms with Gasteiger partial charge in [0.15, 0.2) is 0 Å². The van der Waals surface area contributed by atoms with Crippen molar-refractivity contribution in [1.82, 2.24) is 0 Å². The lowest BCUT2D eigenvalue weighted by Crippen LogP contribution is -2.23. The van der Waals surface area contributed by atoms with E-state index < -0.39 is 5.60 Å². The fourth-order valence-corrected chi connectivity index (χ4v) is 3.66. The molecule has 23 heavy (non-hydrogen) atoms. The molecular weight excluding hydrogens is 280 g/mol. The van der Waals surface area contributed by atoms with Gasteiger partial charge in [0.25, 0.3) is 0 Å². The van der Waals surface area contributed by atoms with Crippen molar-refractivity contribution in [1.29, 1.82) is 0 Å². The molecule has 1 atom stereocenters. The first-order chi connectivity index (χ1) is 11.0. The average molecular weight is 327 g/mol. The van der Waals surface area contributed by atoms with Crippen LogP contribution in [0.1, 0.15) is 130 Å². The Bertz CT molecular complexity index is 229. The van der Waals surface area contributed by atoms with Crippen LogP contribution in [-0.4, -0.2) is 10.7 Å². The summed E-state index contributed by atoms with van der Waals surface area (Å²) in [5, 5.41) is 10.1. The van der Waals surface area contributed by atoms with E-state index >= 15 is 0 Å². The molecule has 0 aliphatic heterocycles. The van der Waals surface area contributed by atoms with Crippen molar-refractivity contribution in [3.63, 3.8) is 0 Å². The summed E-state index contributed by atoms with van der Waals surface area (Å²) in [6.07, 6.45) is 21.7. The molecular formula is C22H46O. The molecule has 0 rings (SSSR count). The summed E-state index contributed by atoms with van der Waals surface area (Å²) in [5.74, 6) is 0.732. The second kappa shape index (κ2) is 15.5. The summed E-state index contributed by atoms with van der Waals surface area (Å²) in [6, 6.07) is 0. The van der Waals surface area contributed by atoms with Gasteiger partial charge in [0, 0.05) is 0 Å². The zero-order chi connectivity index (χ0) is 17.4. The summed E-state index contributed by atoms with van der Waals surface area (Å²) >= 11 is 0. The van der Waals surface area contributed by atoms with Crippen LogP contribution in [0.4, 0.5) is 0 Å². The van der Waals surface area contributed by atoms with Crippen molar-refractivity contribution >= 4 is 0 Å². The van der Waals surface area contributed by atoms with Crippen LogP contribution in [0.3, 0.4) is 0 Å². The largest absolute Gasteiger partial charge is 0.390 e. The molecule has 0 amide bonds. The molecule has 0 fully saturated rings. The Hall–Kier alpha value is -0.0400. The number of hydrogen-bond acceptors (Lipinski definition) is 1. The first-order valence-electron chi connectivity index (χ1n) is 10.7. The van der Waals surface area contributed by atoms with E-state index in [-0.39, 0.29) is 0 Å². The highest BCUT2D eigenvalue weighted by Gasteiger charge is 2.19. The molecule has 0 saturated heterocycles. The van der Waals surface area contributed by atoms with E-state index in [1.54, 1.807) is 0 Å². The van der Waals surface area contributed by atoms with Gasteiger partial charge in [-0.05, 0) is 26.2 Å². The first-order valence-corrected chi connectivity index (χ1v) is 10.7. The standard InChI is InChI=1S/C22H46O/c1-5-7-9-10-11-12-13-14-15-17-19-21(18-16-8-6-2)20-22(3,4)23/h21,23H,5-20H2,1-4H3. The highest BCUT2D eigenvalue weighted by molar-refractivity contribution is 4.72. The Balaban J connectivity index is 3.61. The van der Waals surface area contributed by atoms with Crippen molar-refractivity contribution in [2.75, 3.05) is 0 Å². The van der Waals surface area contributed by atoms with Crippen LogP contribution in [0, 0.1) is 5.92 Å². The second-order valence-electron chi connectivity index (χ2n) is 8.35. The monoisotopic (exact) mass is 326 g/mol.